The molecule has 8 heteroatoms. The fraction of sp³-hybridized carbons (Fsp3) is 0.700. The van der Waals surface area contributed by atoms with Crippen LogP contribution in [-0.4, -0.2) is 75.5 Å². The summed E-state index contributed by atoms with van der Waals surface area (Å²) in [6, 6.07) is 0. The lowest BCUT2D eigenvalue weighted by atomic mass is 9.52. The Labute approximate surface area is 169 Å². The normalized spacial score (nSPS) is 42.7. The number of halogens is 1. The first-order valence-electron chi connectivity index (χ1n) is 9.36. The van der Waals surface area contributed by atoms with Gasteiger partial charge in [-0.25, -0.2) is 0 Å². The molecule has 5 unspecified atom stereocenters. The number of likely N-dealkylation sites (tertiary alicyclic amines) is 1. The van der Waals surface area contributed by atoms with Gasteiger partial charge in [0.2, 0.25) is 11.5 Å². The molecule has 3 aliphatic carbocycles. The second-order valence-corrected chi connectivity index (χ2v) is 8.58. The summed E-state index contributed by atoms with van der Waals surface area (Å²) < 4.78 is 22.5. The van der Waals surface area contributed by atoms with Gasteiger partial charge in [0.1, 0.15) is 11.9 Å². The minimum atomic E-state index is -1.11. The van der Waals surface area contributed by atoms with Crippen LogP contribution in [0.1, 0.15) is 19.3 Å². The van der Waals surface area contributed by atoms with Crippen LogP contribution in [-0.2, 0) is 28.5 Å². The zero-order valence-electron chi connectivity index (χ0n) is 16.8. The van der Waals surface area contributed by atoms with Gasteiger partial charge in [-0.3, -0.25) is 14.5 Å². The molecular formula is C20H26ClNO6. The van der Waals surface area contributed by atoms with E-state index >= 15 is 0 Å². The van der Waals surface area contributed by atoms with E-state index in [0.29, 0.717) is 30.9 Å². The molecule has 1 spiro atoms. The molecule has 7 nitrogen and oxygen atoms in total. The lowest BCUT2D eigenvalue weighted by Crippen LogP contribution is -2.63. The van der Waals surface area contributed by atoms with Crippen molar-refractivity contribution in [1.82, 2.24) is 4.90 Å². The molecule has 1 heterocycles. The van der Waals surface area contributed by atoms with E-state index in [1.165, 1.54) is 27.4 Å². The summed E-state index contributed by atoms with van der Waals surface area (Å²) >= 11 is 7.01. The van der Waals surface area contributed by atoms with Crippen LogP contribution < -0.4 is 0 Å². The predicted octanol–water partition coefficient (Wildman–Crippen LogP) is 1.65. The summed E-state index contributed by atoms with van der Waals surface area (Å²) in [5.41, 5.74) is -2.62. The molecule has 4 rings (SSSR count). The zero-order valence-corrected chi connectivity index (χ0v) is 17.6. The van der Waals surface area contributed by atoms with Gasteiger partial charge in [0.05, 0.1) is 37.7 Å². The Kier molecular flexibility index (Phi) is 4.38. The molecule has 0 radical (unpaired) electrons. The highest BCUT2D eigenvalue weighted by Gasteiger charge is 2.84. The van der Waals surface area contributed by atoms with Crippen LogP contribution in [0.3, 0.4) is 0 Å². The number of likely N-dealkylation sites (N-methyl/N-ethyl adjacent to an activating group) is 1. The number of carbonyl (C=O) groups is 2. The second kappa shape index (κ2) is 6.21. The number of ether oxygens (including phenoxy) is 4. The number of alkyl halides is 1. The van der Waals surface area contributed by atoms with E-state index in [1.807, 2.05) is 7.05 Å². The van der Waals surface area contributed by atoms with Gasteiger partial charge in [-0.2, -0.15) is 0 Å². The van der Waals surface area contributed by atoms with E-state index in [0.717, 1.165) is 0 Å². The third-order valence-electron chi connectivity index (χ3n) is 7.61. The average Bonchev–Trinajstić information content (AvgIpc) is 3.21. The number of ketones is 2. The number of carbonyl (C=O) groups excluding carboxylic acids is 2. The highest BCUT2D eigenvalue weighted by atomic mass is 35.5. The summed E-state index contributed by atoms with van der Waals surface area (Å²) in [5, 5.41) is -0.564. The van der Waals surface area contributed by atoms with Crippen molar-refractivity contribution in [2.75, 3.05) is 42.0 Å². The van der Waals surface area contributed by atoms with Gasteiger partial charge < -0.3 is 18.9 Å². The SMILES string of the molecule is COC1=CC(=O)C2(C(Cl)CC34C(OC)=C(OC)C(=O)CC23CCN4C)C1OC. The van der Waals surface area contributed by atoms with E-state index in [4.69, 9.17) is 30.5 Å². The smallest absolute Gasteiger partial charge is 0.201 e. The molecule has 0 aromatic rings. The third kappa shape index (κ3) is 1.80. The quantitative estimate of drug-likeness (QED) is 0.651. The van der Waals surface area contributed by atoms with Gasteiger partial charge in [-0.1, -0.05) is 0 Å². The minimum Gasteiger partial charge on any atom is -0.498 e. The fourth-order valence-electron chi connectivity index (χ4n) is 6.69. The largest absolute Gasteiger partial charge is 0.498 e. The van der Waals surface area contributed by atoms with Crippen molar-refractivity contribution in [1.29, 1.82) is 0 Å². The molecule has 2 fully saturated rings. The Morgan fingerprint density at radius 1 is 1.14 bits per heavy atom. The van der Waals surface area contributed by atoms with Crippen molar-refractivity contribution in [3.05, 3.63) is 23.4 Å². The van der Waals surface area contributed by atoms with Gasteiger partial charge >= 0.3 is 0 Å². The van der Waals surface area contributed by atoms with Crippen molar-refractivity contribution in [3.8, 4) is 0 Å². The lowest BCUT2D eigenvalue weighted by Gasteiger charge is -2.53. The molecule has 1 saturated carbocycles. The van der Waals surface area contributed by atoms with Gasteiger partial charge in [-0.05, 0) is 26.4 Å². The Bertz CT molecular complexity index is 809. The van der Waals surface area contributed by atoms with E-state index in [2.05, 4.69) is 4.90 Å². The molecule has 4 aliphatic rings. The maximum Gasteiger partial charge on any atom is 0.201 e. The summed E-state index contributed by atoms with van der Waals surface area (Å²) in [7, 11) is 8.06. The highest BCUT2D eigenvalue weighted by Crippen LogP contribution is 2.75. The average molecular weight is 412 g/mol. The first-order valence-corrected chi connectivity index (χ1v) is 9.80. The van der Waals surface area contributed by atoms with Crippen LogP contribution in [0.15, 0.2) is 23.4 Å². The molecule has 1 aliphatic heterocycles. The summed E-state index contributed by atoms with van der Waals surface area (Å²) in [6.45, 7) is 0.703. The summed E-state index contributed by atoms with van der Waals surface area (Å²) in [6.07, 6.45) is 2.05. The molecule has 28 heavy (non-hydrogen) atoms. The molecule has 0 N–H and O–H groups in total. The van der Waals surface area contributed by atoms with Crippen molar-refractivity contribution in [3.63, 3.8) is 0 Å². The van der Waals surface area contributed by atoms with Crippen LogP contribution in [0.25, 0.3) is 0 Å². The van der Waals surface area contributed by atoms with Crippen molar-refractivity contribution in [2.45, 2.75) is 36.3 Å². The molecule has 0 aromatic heterocycles. The third-order valence-corrected chi connectivity index (χ3v) is 8.11. The maximum absolute atomic E-state index is 13.6. The minimum absolute atomic E-state index is 0.141. The van der Waals surface area contributed by atoms with Gasteiger partial charge in [0.25, 0.3) is 0 Å². The van der Waals surface area contributed by atoms with Crippen LogP contribution >= 0.6 is 11.6 Å². The predicted molar refractivity (Wildman–Crippen MR) is 101 cm³/mol. The first kappa shape index (κ1) is 19.7. The zero-order chi connectivity index (χ0) is 20.5. The number of allylic oxidation sites excluding steroid dienone is 2. The van der Waals surface area contributed by atoms with Crippen LogP contribution in [0, 0.1) is 10.8 Å². The Morgan fingerprint density at radius 3 is 2.43 bits per heavy atom. The Balaban J connectivity index is 2.05. The molecular weight excluding hydrogens is 386 g/mol. The van der Waals surface area contributed by atoms with Crippen LogP contribution in [0.4, 0.5) is 0 Å². The first-order chi connectivity index (χ1) is 13.3. The highest BCUT2D eigenvalue weighted by molar-refractivity contribution is 6.25. The molecule has 0 bridgehead atoms. The number of hydrogen-bond acceptors (Lipinski definition) is 7. The van der Waals surface area contributed by atoms with E-state index in [1.54, 1.807) is 7.11 Å². The van der Waals surface area contributed by atoms with Crippen LogP contribution in [0.5, 0.6) is 0 Å². The van der Waals surface area contributed by atoms with Gasteiger partial charge in [0, 0.05) is 25.0 Å². The number of nitrogens with zero attached hydrogens (tertiary/aromatic N) is 1. The molecule has 5 atom stereocenters. The lowest BCUT2D eigenvalue weighted by molar-refractivity contribution is -0.151. The summed E-state index contributed by atoms with van der Waals surface area (Å²) in [4.78, 5) is 28.9. The number of hydrogen-bond donors (Lipinski definition) is 0. The van der Waals surface area contributed by atoms with E-state index in [-0.39, 0.29) is 23.7 Å². The fourth-order valence-corrected chi connectivity index (χ4v) is 7.35. The number of methoxy groups -OCH3 is 4. The number of Topliss-reactive ketones (excluding diaryl/α,β-unsaturated/α-hetero) is 1. The molecule has 0 aromatic carbocycles. The van der Waals surface area contributed by atoms with Crippen LogP contribution in [0.2, 0.25) is 0 Å². The van der Waals surface area contributed by atoms with E-state index in [9.17, 15) is 9.59 Å². The van der Waals surface area contributed by atoms with Gasteiger partial charge in [-0.15, -0.1) is 11.6 Å². The summed E-state index contributed by atoms with van der Waals surface area (Å²) in [5.74, 6) is 0.807. The molecule has 1 saturated heterocycles. The standard InChI is InChI=1S/C20H26ClNO6/c1-22-7-6-18-9-11(23)15(26-3)17(28-5)19(18,22)10-13(21)20(18)14(24)8-12(25-2)16(20)27-4/h8,13,16H,6-7,9-10H2,1-5H3. The van der Waals surface area contributed by atoms with Crippen molar-refractivity contribution < 1.29 is 28.5 Å². The van der Waals surface area contributed by atoms with Crippen molar-refractivity contribution in [2.24, 2.45) is 10.8 Å². The number of rotatable bonds is 4. The maximum atomic E-state index is 13.6. The Hall–Kier alpha value is -1.57. The van der Waals surface area contributed by atoms with Gasteiger partial charge in [0.15, 0.2) is 11.5 Å². The monoisotopic (exact) mass is 411 g/mol. The second-order valence-electron chi connectivity index (χ2n) is 8.05. The molecule has 0 amide bonds. The Morgan fingerprint density at radius 2 is 1.86 bits per heavy atom. The van der Waals surface area contributed by atoms with E-state index < -0.39 is 27.8 Å². The molecule has 154 valence electrons. The van der Waals surface area contributed by atoms with Crippen molar-refractivity contribution >= 4 is 23.2 Å². The topological polar surface area (TPSA) is 74.3 Å².